The van der Waals surface area contributed by atoms with E-state index >= 15 is 0 Å². The zero-order valence-electron chi connectivity index (χ0n) is 13.4. The topological polar surface area (TPSA) is 91.8 Å². The summed E-state index contributed by atoms with van der Waals surface area (Å²) in [5.74, 6) is -0.215. The van der Waals surface area contributed by atoms with Gasteiger partial charge in [0.1, 0.15) is 6.04 Å². The SMILES string of the molecule is CCOc1ncccc1CNC(=O)CC1C(=O)N(C)C(=O)N1C. The number of aromatic nitrogens is 1. The van der Waals surface area contributed by atoms with Gasteiger partial charge in [0.05, 0.1) is 13.0 Å². The summed E-state index contributed by atoms with van der Waals surface area (Å²) in [6, 6.07) is 2.40. The monoisotopic (exact) mass is 320 g/mol. The molecular weight excluding hydrogens is 300 g/mol. The maximum Gasteiger partial charge on any atom is 0.326 e. The molecule has 1 aliphatic rings. The highest BCUT2D eigenvalue weighted by atomic mass is 16.5. The summed E-state index contributed by atoms with van der Waals surface area (Å²) in [5.41, 5.74) is 0.752. The molecule has 1 saturated heterocycles. The molecule has 0 bridgehead atoms. The van der Waals surface area contributed by atoms with Crippen molar-refractivity contribution >= 4 is 17.8 Å². The molecule has 1 aromatic rings. The van der Waals surface area contributed by atoms with Gasteiger partial charge >= 0.3 is 6.03 Å². The minimum atomic E-state index is -0.757. The van der Waals surface area contributed by atoms with Gasteiger partial charge in [-0.1, -0.05) is 6.07 Å². The van der Waals surface area contributed by atoms with Crippen LogP contribution in [0.5, 0.6) is 5.88 Å². The molecule has 8 nitrogen and oxygen atoms in total. The molecule has 0 spiro atoms. The Morgan fingerprint density at radius 1 is 1.39 bits per heavy atom. The van der Waals surface area contributed by atoms with Gasteiger partial charge in [0, 0.05) is 32.4 Å². The normalized spacial score (nSPS) is 17.6. The predicted octanol–water partition coefficient (Wildman–Crippen LogP) is 0.379. The zero-order chi connectivity index (χ0) is 17.0. The van der Waals surface area contributed by atoms with Crippen molar-refractivity contribution in [2.45, 2.75) is 25.9 Å². The summed E-state index contributed by atoms with van der Waals surface area (Å²) in [6.45, 7) is 2.58. The molecule has 0 radical (unpaired) electrons. The largest absolute Gasteiger partial charge is 0.478 e. The highest BCUT2D eigenvalue weighted by molar-refractivity contribution is 6.05. The number of urea groups is 1. The molecule has 4 amide bonds. The number of hydrogen-bond donors (Lipinski definition) is 1. The maximum absolute atomic E-state index is 12.1. The number of pyridine rings is 1. The molecule has 1 atom stereocenters. The Hall–Kier alpha value is -2.64. The van der Waals surface area contributed by atoms with Gasteiger partial charge in [-0.2, -0.15) is 0 Å². The predicted molar refractivity (Wildman–Crippen MR) is 81.6 cm³/mol. The Bertz CT molecular complexity index is 619. The van der Waals surface area contributed by atoms with Gasteiger partial charge in [-0.3, -0.25) is 14.5 Å². The van der Waals surface area contributed by atoms with Crippen LogP contribution in [0.3, 0.4) is 0 Å². The van der Waals surface area contributed by atoms with Crippen LogP contribution in [0.4, 0.5) is 4.79 Å². The Labute approximate surface area is 134 Å². The summed E-state index contributed by atoms with van der Waals surface area (Å²) < 4.78 is 5.39. The number of rotatable bonds is 6. The Kier molecular flexibility index (Phi) is 5.15. The highest BCUT2D eigenvalue weighted by Gasteiger charge is 2.41. The fourth-order valence-electron chi connectivity index (χ4n) is 2.34. The van der Waals surface area contributed by atoms with E-state index in [1.165, 1.54) is 19.0 Å². The van der Waals surface area contributed by atoms with E-state index < -0.39 is 12.1 Å². The Morgan fingerprint density at radius 3 is 2.74 bits per heavy atom. The van der Waals surface area contributed by atoms with E-state index in [1.54, 1.807) is 12.3 Å². The van der Waals surface area contributed by atoms with Crippen LogP contribution in [0.1, 0.15) is 18.9 Å². The second-order valence-electron chi connectivity index (χ2n) is 5.19. The highest BCUT2D eigenvalue weighted by Crippen LogP contribution is 2.17. The number of nitrogens with zero attached hydrogens (tertiary/aromatic N) is 3. The first-order valence-corrected chi connectivity index (χ1v) is 7.33. The lowest BCUT2D eigenvalue weighted by atomic mass is 10.1. The number of carbonyl (C=O) groups is 3. The first-order valence-electron chi connectivity index (χ1n) is 7.33. The lowest BCUT2D eigenvalue weighted by molar-refractivity contribution is -0.131. The summed E-state index contributed by atoms with van der Waals surface area (Å²) in [6.07, 6.45) is 1.54. The number of ether oxygens (including phenoxy) is 1. The van der Waals surface area contributed by atoms with Gasteiger partial charge in [-0.05, 0) is 13.0 Å². The van der Waals surface area contributed by atoms with Crippen molar-refractivity contribution in [2.75, 3.05) is 20.7 Å². The third kappa shape index (κ3) is 3.58. The zero-order valence-corrected chi connectivity index (χ0v) is 13.4. The average Bonchev–Trinajstić information content (AvgIpc) is 2.72. The van der Waals surface area contributed by atoms with Crippen LogP contribution >= 0.6 is 0 Å². The third-order valence-electron chi connectivity index (χ3n) is 3.66. The van der Waals surface area contributed by atoms with E-state index in [4.69, 9.17) is 4.74 Å². The molecule has 1 aliphatic heterocycles. The second kappa shape index (κ2) is 7.08. The van der Waals surface area contributed by atoms with Gasteiger partial charge in [0.25, 0.3) is 5.91 Å². The fourth-order valence-corrected chi connectivity index (χ4v) is 2.34. The molecule has 1 unspecified atom stereocenters. The summed E-state index contributed by atoms with van der Waals surface area (Å²) in [4.78, 5) is 42.1. The van der Waals surface area contributed by atoms with Crippen molar-refractivity contribution in [2.24, 2.45) is 0 Å². The van der Waals surface area contributed by atoms with E-state index in [0.29, 0.717) is 12.5 Å². The molecule has 1 fully saturated rings. The Balaban J connectivity index is 1.94. The third-order valence-corrected chi connectivity index (χ3v) is 3.66. The van der Waals surface area contributed by atoms with Crippen LogP contribution in [0.25, 0.3) is 0 Å². The lowest BCUT2D eigenvalue weighted by Crippen LogP contribution is -2.37. The van der Waals surface area contributed by atoms with Gasteiger partial charge < -0.3 is 15.0 Å². The molecule has 2 heterocycles. The van der Waals surface area contributed by atoms with Crippen molar-refractivity contribution in [1.82, 2.24) is 20.1 Å². The first kappa shape index (κ1) is 16.7. The van der Waals surface area contributed by atoms with Crippen LogP contribution in [-0.4, -0.2) is 59.4 Å². The van der Waals surface area contributed by atoms with Crippen LogP contribution in [-0.2, 0) is 16.1 Å². The first-order chi connectivity index (χ1) is 11.0. The molecular formula is C15H20N4O4. The van der Waals surface area contributed by atoms with Crippen LogP contribution in [0.2, 0.25) is 0 Å². The molecule has 2 rings (SSSR count). The van der Waals surface area contributed by atoms with Crippen LogP contribution in [0, 0.1) is 0 Å². The van der Waals surface area contributed by atoms with Crippen LogP contribution < -0.4 is 10.1 Å². The van der Waals surface area contributed by atoms with E-state index in [1.807, 2.05) is 13.0 Å². The molecule has 0 aliphatic carbocycles. The molecule has 1 N–H and O–H groups in total. The maximum atomic E-state index is 12.1. The quantitative estimate of drug-likeness (QED) is 0.765. The van der Waals surface area contributed by atoms with Crippen molar-refractivity contribution in [3.05, 3.63) is 23.9 Å². The second-order valence-corrected chi connectivity index (χ2v) is 5.19. The molecule has 0 aromatic carbocycles. The van der Waals surface area contributed by atoms with Crippen molar-refractivity contribution in [1.29, 1.82) is 0 Å². The van der Waals surface area contributed by atoms with E-state index in [9.17, 15) is 14.4 Å². The number of hydrogen-bond acceptors (Lipinski definition) is 5. The summed E-state index contributed by atoms with van der Waals surface area (Å²) >= 11 is 0. The van der Waals surface area contributed by atoms with Crippen molar-refractivity contribution in [3.63, 3.8) is 0 Å². The Morgan fingerprint density at radius 2 is 2.13 bits per heavy atom. The molecule has 23 heavy (non-hydrogen) atoms. The smallest absolute Gasteiger partial charge is 0.326 e. The number of amides is 4. The average molecular weight is 320 g/mol. The molecule has 124 valence electrons. The number of likely N-dealkylation sites (N-methyl/N-ethyl adjacent to an activating group) is 2. The number of carbonyl (C=O) groups excluding carboxylic acids is 3. The van der Waals surface area contributed by atoms with E-state index in [0.717, 1.165) is 10.5 Å². The standard InChI is InChI=1S/C15H20N4O4/c1-4-23-13-10(6-5-7-16-13)9-17-12(20)8-11-14(21)19(3)15(22)18(11)2/h5-7,11H,4,8-9H2,1-3H3,(H,17,20). The van der Waals surface area contributed by atoms with E-state index in [2.05, 4.69) is 10.3 Å². The molecule has 1 aromatic heterocycles. The van der Waals surface area contributed by atoms with E-state index in [-0.39, 0.29) is 24.8 Å². The van der Waals surface area contributed by atoms with Gasteiger partial charge in [-0.25, -0.2) is 9.78 Å². The molecule has 8 heteroatoms. The number of imide groups is 1. The fraction of sp³-hybridized carbons (Fsp3) is 0.467. The summed E-state index contributed by atoms with van der Waals surface area (Å²) in [7, 11) is 2.92. The van der Waals surface area contributed by atoms with Gasteiger partial charge in [-0.15, -0.1) is 0 Å². The van der Waals surface area contributed by atoms with Gasteiger partial charge in [0.15, 0.2) is 0 Å². The van der Waals surface area contributed by atoms with Gasteiger partial charge in [0.2, 0.25) is 11.8 Å². The lowest BCUT2D eigenvalue weighted by Gasteiger charge is -2.16. The number of nitrogens with one attached hydrogen (secondary N) is 1. The molecule has 0 saturated carbocycles. The van der Waals surface area contributed by atoms with Crippen molar-refractivity contribution < 1.29 is 19.1 Å². The minimum absolute atomic E-state index is 0.0738. The van der Waals surface area contributed by atoms with Crippen LogP contribution in [0.15, 0.2) is 18.3 Å². The minimum Gasteiger partial charge on any atom is -0.478 e. The summed E-state index contributed by atoms with van der Waals surface area (Å²) in [5, 5.41) is 2.73. The van der Waals surface area contributed by atoms with Crippen molar-refractivity contribution in [3.8, 4) is 5.88 Å².